The van der Waals surface area contributed by atoms with Crippen molar-refractivity contribution in [3.63, 3.8) is 0 Å². The van der Waals surface area contributed by atoms with E-state index in [9.17, 15) is 4.79 Å². The highest BCUT2D eigenvalue weighted by Crippen LogP contribution is 2.16. The molecular weight excluding hydrogens is 292 g/mol. The lowest BCUT2D eigenvalue weighted by molar-refractivity contribution is 0.199. The van der Waals surface area contributed by atoms with Crippen LogP contribution in [0.4, 0.5) is 4.79 Å². The first-order valence-corrected chi connectivity index (χ1v) is 7.77. The first kappa shape index (κ1) is 17.0. The maximum atomic E-state index is 12.1. The summed E-state index contributed by atoms with van der Waals surface area (Å²) in [6.07, 6.45) is 5.34. The molecule has 2 amide bonds. The van der Waals surface area contributed by atoms with Crippen LogP contribution in [0.5, 0.6) is 0 Å². The number of carbonyl (C=O) groups excluding carboxylic acids is 1. The number of carbonyl (C=O) groups is 1. The van der Waals surface area contributed by atoms with E-state index in [-0.39, 0.29) is 30.6 Å². The molecule has 124 valence electrons. The van der Waals surface area contributed by atoms with Crippen LogP contribution < -0.4 is 10.6 Å². The number of aliphatic hydroxyl groups excluding tert-OH is 1. The van der Waals surface area contributed by atoms with Crippen molar-refractivity contribution in [2.45, 2.75) is 32.9 Å². The number of hydrogen-bond donors (Lipinski definition) is 3. The molecule has 0 aliphatic heterocycles. The smallest absolute Gasteiger partial charge is 0.315 e. The number of aromatic nitrogens is 2. The van der Waals surface area contributed by atoms with E-state index in [1.807, 2.05) is 55.8 Å². The zero-order chi connectivity index (χ0) is 16.8. The molecule has 0 fully saturated rings. The predicted molar refractivity (Wildman–Crippen MR) is 89.4 cm³/mol. The second-order valence-electron chi connectivity index (χ2n) is 5.85. The third-order valence-corrected chi connectivity index (χ3v) is 4.02. The zero-order valence-corrected chi connectivity index (χ0v) is 13.7. The van der Waals surface area contributed by atoms with Crippen molar-refractivity contribution in [1.29, 1.82) is 0 Å². The molecule has 0 unspecified atom stereocenters. The number of imidazole rings is 1. The van der Waals surface area contributed by atoms with E-state index in [1.54, 1.807) is 12.5 Å². The monoisotopic (exact) mass is 316 g/mol. The van der Waals surface area contributed by atoms with Gasteiger partial charge in [0, 0.05) is 30.7 Å². The molecule has 3 N–H and O–H groups in total. The summed E-state index contributed by atoms with van der Waals surface area (Å²) in [6, 6.07) is 7.48. The minimum Gasteiger partial charge on any atom is -0.396 e. The zero-order valence-electron chi connectivity index (χ0n) is 13.7. The molecule has 0 aliphatic carbocycles. The molecule has 0 radical (unpaired) electrons. The molecule has 2 aromatic rings. The first-order valence-electron chi connectivity index (χ1n) is 7.77. The van der Waals surface area contributed by atoms with E-state index in [2.05, 4.69) is 15.6 Å². The number of amides is 2. The van der Waals surface area contributed by atoms with Crippen LogP contribution in [0.25, 0.3) is 5.69 Å². The normalized spacial score (nSPS) is 14.8. The van der Waals surface area contributed by atoms with E-state index in [0.717, 1.165) is 11.3 Å². The number of aliphatic hydroxyl groups is 1. The molecule has 23 heavy (non-hydrogen) atoms. The van der Waals surface area contributed by atoms with Crippen LogP contribution in [0.3, 0.4) is 0 Å². The summed E-state index contributed by atoms with van der Waals surface area (Å²) in [5.41, 5.74) is 2.01. The maximum absolute atomic E-state index is 12.1. The van der Waals surface area contributed by atoms with E-state index in [4.69, 9.17) is 5.11 Å². The second-order valence-corrected chi connectivity index (χ2v) is 5.85. The highest BCUT2D eigenvalue weighted by Gasteiger charge is 2.16. The summed E-state index contributed by atoms with van der Waals surface area (Å²) in [6.45, 7) is 5.75. The number of hydrogen-bond acceptors (Lipinski definition) is 3. The third-order valence-electron chi connectivity index (χ3n) is 4.02. The van der Waals surface area contributed by atoms with Crippen LogP contribution in [-0.4, -0.2) is 33.3 Å². The van der Waals surface area contributed by atoms with Gasteiger partial charge in [0.2, 0.25) is 0 Å². The van der Waals surface area contributed by atoms with E-state index in [1.165, 1.54) is 0 Å². The van der Waals surface area contributed by atoms with E-state index < -0.39 is 0 Å². The Bertz CT molecular complexity index is 627. The van der Waals surface area contributed by atoms with E-state index >= 15 is 0 Å². The lowest BCUT2D eigenvalue weighted by atomic mass is 10.1. The molecule has 0 aliphatic rings. The SMILES string of the molecule is C[C@H](NC(=O)N[C@H](C)[C@@H](C)CO)c1cccc(-n2ccnc2)c1. The molecule has 6 nitrogen and oxygen atoms in total. The molecule has 0 saturated carbocycles. The number of urea groups is 1. The Kier molecular flexibility index (Phi) is 5.76. The van der Waals surface area contributed by atoms with Gasteiger partial charge in [0.15, 0.2) is 0 Å². The number of nitrogens with one attached hydrogen (secondary N) is 2. The van der Waals surface area contributed by atoms with Gasteiger partial charge in [-0.2, -0.15) is 0 Å². The van der Waals surface area contributed by atoms with E-state index in [0.29, 0.717) is 0 Å². The van der Waals surface area contributed by atoms with Gasteiger partial charge in [0.05, 0.1) is 12.4 Å². The standard InChI is InChI=1S/C17H24N4O2/c1-12(10-22)13(2)19-17(23)20-14(3)15-5-4-6-16(9-15)21-8-7-18-11-21/h4-9,11-14,22H,10H2,1-3H3,(H2,19,20,23)/t12-,13+,14-/m0/s1. The molecule has 6 heteroatoms. The van der Waals surface area contributed by atoms with Crippen LogP contribution in [-0.2, 0) is 0 Å². The summed E-state index contributed by atoms with van der Waals surface area (Å²) >= 11 is 0. The Morgan fingerprint density at radius 2 is 2.09 bits per heavy atom. The Labute approximate surface area is 136 Å². The van der Waals surface area contributed by atoms with Crippen LogP contribution in [0.2, 0.25) is 0 Å². The van der Waals surface area contributed by atoms with Crippen LogP contribution in [0, 0.1) is 5.92 Å². The van der Waals surface area contributed by atoms with Crippen molar-refractivity contribution in [1.82, 2.24) is 20.2 Å². The molecule has 0 bridgehead atoms. The largest absolute Gasteiger partial charge is 0.396 e. The van der Waals surface area contributed by atoms with Gasteiger partial charge in [-0.25, -0.2) is 9.78 Å². The van der Waals surface area contributed by atoms with Gasteiger partial charge in [0.25, 0.3) is 0 Å². The Balaban J connectivity index is 1.99. The minimum atomic E-state index is -0.238. The fraction of sp³-hybridized carbons (Fsp3) is 0.412. The fourth-order valence-corrected chi connectivity index (χ4v) is 2.20. The molecule has 1 aromatic carbocycles. The quantitative estimate of drug-likeness (QED) is 0.765. The highest BCUT2D eigenvalue weighted by atomic mass is 16.3. The van der Waals surface area contributed by atoms with Crippen molar-refractivity contribution in [2.75, 3.05) is 6.61 Å². The average molecular weight is 316 g/mol. The average Bonchev–Trinajstić information content (AvgIpc) is 3.08. The molecule has 0 spiro atoms. The van der Waals surface area contributed by atoms with Gasteiger partial charge in [0.1, 0.15) is 0 Å². The van der Waals surface area contributed by atoms with Crippen molar-refractivity contribution in [3.8, 4) is 5.69 Å². The van der Waals surface area contributed by atoms with Gasteiger partial charge in [-0.3, -0.25) is 0 Å². The van der Waals surface area contributed by atoms with Gasteiger partial charge < -0.3 is 20.3 Å². The van der Waals surface area contributed by atoms with Gasteiger partial charge >= 0.3 is 6.03 Å². The lowest BCUT2D eigenvalue weighted by Gasteiger charge is -2.22. The topological polar surface area (TPSA) is 79.2 Å². The minimum absolute atomic E-state index is 0.0145. The van der Waals surface area contributed by atoms with Crippen molar-refractivity contribution < 1.29 is 9.90 Å². The number of rotatable bonds is 6. The van der Waals surface area contributed by atoms with Crippen LogP contribution in [0.1, 0.15) is 32.4 Å². The molecule has 1 heterocycles. The number of nitrogens with zero attached hydrogens (tertiary/aromatic N) is 2. The van der Waals surface area contributed by atoms with Crippen molar-refractivity contribution >= 4 is 6.03 Å². The molecule has 1 aromatic heterocycles. The van der Waals surface area contributed by atoms with Gasteiger partial charge in [-0.05, 0) is 37.5 Å². The molecule has 3 atom stereocenters. The molecule has 2 rings (SSSR count). The molecular formula is C17H24N4O2. The second kappa shape index (κ2) is 7.78. The lowest BCUT2D eigenvalue weighted by Crippen LogP contribution is -2.44. The first-order chi connectivity index (χ1) is 11.0. The predicted octanol–water partition coefficient (Wildman–Crippen LogP) is 2.25. The Morgan fingerprint density at radius 3 is 2.74 bits per heavy atom. The number of benzene rings is 1. The summed E-state index contributed by atoms with van der Waals surface area (Å²) < 4.78 is 1.92. The third kappa shape index (κ3) is 4.56. The van der Waals surface area contributed by atoms with Gasteiger partial charge in [-0.1, -0.05) is 19.1 Å². The Morgan fingerprint density at radius 1 is 1.30 bits per heavy atom. The van der Waals surface area contributed by atoms with Crippen LogP contribution >= 0.6 is 0 Å². The van der Waals surface area contributed by atoms with Crippen molar-refractivity contribution in [2.24, 2.45) is 5.92 Å². The van der Waals surface area contributed by atoms with Gasteiger partial charge in [-0.15, -0.1) is 0 Å². The fourth-order valence-electron chi connectivity index (χ4n) is 2.20. The van der Waals surface area contributed by atoms with Crippen LogP contribution in [0.15, 0.2) is 43.0 Å². The summed E-state index contributed by atoms with van der Waals surface area (Å²) in [5.74, 6) is 0.0145. The summed E-state index contributed by atoms with van der Waals surface area (Å²) in [7, 11) is 0. The van der Waals surface area contributed by atoms with Crippen molar-refractivity contribution in [3.05, 3.63) is 48.5 Å². The Hall–Kier alpha value is -2.34. The summed E-state index contributed by atoms with van der Waals surface area (Å²) in [4.78, 5) is 16.1. The summed E-state index contributed by atoms with van der Waals surface area (Å²) in [5, 5.41) is 14.9. The highest BCUT2D eigenvalue weighted by molar-refractivity contribution is 5.74. The maximum Gasteiger partial charge on any atom is 0.315 e. The molecule has 0 saturated heterocycles.